The summed E-state index contributed by atoms with van der Waals surface area (Å²) in [4.78, 5) is 25.7. The highest BCUT2D eigenvalue weighted by molar-refractivity contribution is 6.08. The van der Waals surface area contributed by atoms with Crippen LogP contribution in [0.2, 0.25) is 0 Å². The molecule has 0 saturated heterocycles. The third-order valence-electron chi connectivity index (χ3n) is 6.57. The summed E-state index contributed by atoms with van der Waals surface area (Å²) in [5, 5.41) is 11.6. The first-order valence-corrected chi connectivity index (χ1v) is 11.2. The van der Waals surface area contributed by atoms with E-state index in [0.717, 1.165) is 67.6 Å². The highest BCUT2D eigenvalue weighted by atomic mass is 16.5. The molecule has 1 aliphatic heterocycles. The van der Waals surface area contributed by atoms with Gasteiger partial charge in [-0.15, -0.1) is 0 Å². The summed E-state index contributed by atoms with van der Waals surface area (Å²) in [5.74, 6) is -0.0522. The minimum Gasteiger partial charge on any atom is -0.493 e. The third kappa shape index (κ3) is 3.12. The van der Waals surface area contributed by atoms with E-state index in [9.17, 15) is 9.90 Å². The molecule has 1 N–H and O–H groups in total. The Hall–Kier alpha value is -4.26. The number of carboxylic acids is 1. The number of pyridine rings is 2. The molecule has 34 heavy (non-hydrogen) atoms. The second kappa shape index (κ2) is 7.66. The molecule has 5 aromatic rings. The highest BCUT2D eigenvalue weighted by Gasteiger charge is 2.22. The number of rotatable bonds is 4. The summed E-state index contributed by atoms with van der Waals surface area (Å²) in [6, 6.07) is 12.0. The van der Waals surface area contributed by atoms with E-state index in [2.05, 4.69) is 4.98 Å². The number of imidazole rings is 1. The van der Waals surface area contributed by atoms with Crippen molar-refractivity contribution in [3.05, 3.63) is 71.8 Å². The SMILES string of the molecule is Cc1cc2nc(-c3cncn3C)ccc2c(-c2ccc3c4c(ccnc24)CCO3)c1CC(=O)O. The molecular weight excluding hydrogens is 428 g/mol. The van der Waals surface area contributed by atoms with E-state index in [1.54, 1.807) is 12.5 Å². The topological polar surface area (TPSA) is 90.1 Å². The fourth-order valence-electron chi connectivity index (χ4n) is 4.99. The summed E-state index contributed by atoms with van der Waals surface area (Å²) in [7, 11) is 1.93. The lowest BCUT2D eigenvalue weighted by Gasteiger charge is -2.21. The predicted molar refractivity (Wildman–Crippen MR) is 130 cm³/mol. The van der Waals surface area contributed by atoms with Gasteiger partial charge >= 0.3 is 5.97 Å². The summed E-state index contributed by atoms with van der Waals surface area (Å²) in [6.07, 6.45) is 6.10. The normalized spacial score (nSPS) is 12.8. The maximum atomic E-state index is 11.9. The van der Waals surface area contributed by atoms with Crippen LogP contribution in [0.3, 0.4) is 0 Å². The van der Waals surface area contributed by atoms with Gasteiger partial charge in [-0.2, -0.15) is 0 Å². The van der Waals surface area contributed by atoms with Crippen LogP contribution in [-0.4, -0.2) is 37.2 Å². The number of fused-ring (bicyclic) bond motifs is 1. The first kappa shape index (κ1) is 20.4. The molecule has 7 heteroatoms. The van der Waals surface area contributed by atoms with Crippen LogP contribution in [0.4, 0.5) is 0 Å². The van der Waals surface area contributed by atoms with Crippen LogP contribution in [0.5, 0.6) is 5.75 Å². The number of ether oxygens (including phenoxy) is 1. The van der Waals surface area contributed by atoms with Gasteiger partial charge in [-0.05, 0) is 65.6 Å². The first-order chi connectivity index (χ1) is 16.5. The van der Waals surface area contributed by atoms with E-state index in [1.165, 1.54) is 5.56 Å². The van der Waals surface area contributed by atoms with Crippen molar-refractivity contribution in [1.82, 2.24) is 19.5 Å². The predicted octanol–water partition coefficient (Wildman–Crippen LogP) is 4.72. The zero-order chi connectivity index (χ0) is 23.4. The molecule has 7 nitrogen and oxygen atoms in total. The van der Waals surface area contributed by atoms with Crippen molar-refractivity contribution in [2.75, 3.05) is 6.61 Å². The van der Waals surface area contributed by atoms with Gasteiger partial charge in [0.1, 0.15) is 5.75 Å². The average molecular weight is 450 g/mol. The standard InChI is InChI=1S/C27H22N4O3/c1-15-11-21-17(3-5-20(30-21)22-13-28-14-31(22)2)26(19(15)12-24(32)33)18-4-6-23-25-16(8-10-34-23)7-9-29-27(18)25/h3-7,9,11,13-14H,8,10,12H2,1-2H3,(H,32,33). The summed E-state index contributed by atoms with van der Waals surface area (Å²) < 4.78 is 7.83. The number of hydrogen-bond donors (Lipinski definition) is 1. The molecule has 4 heterocycles. The van der Waals surface area contributed by atoms with Crippen LogP contribution in [0.1, 0.15) is 16.7 Å². The molecule has 168 valence electrons. The van der Waals surface area contributed by atoms with Crippen molar-refractivity contribution in [2.45, 2.75) is 19.8 Å². The molecule has 0 atom stereocenters. The molecule has 1 aliphatic rings. The first-order valence-electron chi connectivity index (χ1n) is 11.2. The largest absolute Gasteiger partial charge is 0.493 e. The van der Waals surface area contributed by atoms with Crippen molar-refractivity contribution in [1.29, 1.82) is 0 Å². The second-order valence-corrected chi connectivity index (χ2v) is 8.67. The Balaban J connectivity index is 1.69. The van der Waals surface area contributed by atoms with Gasteiger partial charge in [0.15, 0.2) is 0 Å². The van der Waals surface area contributed by atoms with Gasteiger partial charge in [0.2, 0.25) is 0 Å². The van der Waals surface area contributed by atoms with Crippen molar-refractivity contribution >= 4 is 27.8 Å². The quantitative estimate of drug-likeness (QED) is 0.426. The van der Waals surface area contributed by atoms with E-state index in [1.807, 2.05) is 61.1 Å². The molecule has 0 bridgehead atoms. The summed E-state index contributed by atoms with van der Waals surface area (Å²) in [6.45, 7) is 2.59. The maximum Gasteiger partial charge on any atom is 0.307 e. The van der Waals surface area contributed by atoms with Crippen LogP contribution >= 0.6 is 0 Å². The maximum absolute atomic E-state index is 11.9. The highest BCUT2D eigenvalue weighted by Crippen LogP contribution is 2.42. The fourth-order valence-corrected chi connectivity index (χ4v) is 4.99. The van der Waals surface area contributed by atoms with Crippen molar-refractivity contribution < 1.29 is 14.6 Å². The smallest absolute Gasteiger partial charge is 0.307 e. The Kier molecular flexibility index (Phi) is 4.58. The lowest BCUT2D eigenvalue weighted by atomic mass is 9.87. The Morgan fingerprint density at radius 3 is 2.88 bits per heavy atom. The molecule has 0 radical (unpaired) electrons. The summed E-state index contributed by atoms with van der Waals surface area (Å²) in [5.41, 5.74) is 7.96. The Morgan fingerprint density at radius 2 is 2.09 bits per heavy atom. The van der Waals surface area contributed by atoms with Crippen molar-refractivity contribution in [3.8, 4) is 28.3 Å². The third-order valence-corrected chi connectivity index (χ3v) is 6.57. The zero-order valence-corrected chi connectivity index (χ0v) is 18.9. The molecule has 0 fully saturated rings. The van der Waals surface area contributed by atoms with Crippen LogP contribution in [0.15, 0.2) is 55.1 Å². The van der Waals surface area contributed by atoms with E-state index in [0.29, 0.717) is 6.61 Å². The molecule has 0 spiro atoms. The zero-order valence-electron chi connectivity index (χ0n) is 18.9. The number of benzene rings is 2. The Bertz CT molecular complexity index is 1610. The van der Waals surface area contributed by atoms with Gasteiger partial charge in [0, 0.05) is 36.0 Å². The molecule has 0 unspecified atom stereocenters. The molecule has 6 rings (SSSR count). The van der Waals surface area contributed by atoms with E-state index < -0.39 is 5.97 Å². The van der Waals surface area contributed by atoms with Crippen molar-refractivity contribution in [3.63, 3.8) is 0 Å². The monoisotopic (exact) mass is 450 g/mol. The van der Waals surface area contributed by atoms with Gasteiger partial charge in [-0.25, -0.2) is 9.97 Å². The van der Waals surface area contributed by atoms with Gasteiger partial charge in [0.25, 0.3) is 0 Å². The van der Waals surface area contributed by atoms with Gasteiger partial charge in [-0.3, -0.25) is 9.78 Å². The molecule has 3 aromatic heterocycles. The van der Waals surface area contributed by atoms with Crippen molar-refractivity contribution in [2.24, 2.45) is 7.05 Å². The number of nitrogens with zero attached hydrogens (tertiary/aromatic N) is 4. The molecule has 0 aliphatic carbocycles. The number of carbonyl (C=O) groups is 1. The summed E-state index contributed by atoms with van der Waals surface area (Å²) >= 11 is 0. The number of aryl methyl sites for hydroxylation is 2. The minimum atomic E-state index is -0.873. The molecule has 0 amide bonds. The van der Waals surface area contributed by atoms with E-state index in [-0.39, 0.29) is 6.42 Å². The van der Waals surface area contributed by atoms with Gasteiger partial charge in [-0.1, -0.05) is 0 Å². The average Bonchev–Trinajstić information content (AvgIpc) is 3.26. The lowest BCUT2D eigenvalue weighted by molar-refractivity contribution is -0.136. The van der Waals surface area contributed by atoms with E-state index >= 15 is 0 Å². The number of hydrogen-bond acceptors (Lipinski definition) is 5. The Morgan fingerprint density at radius 1 is 1.21 bits per heavy atom. The second-order valence-electron chi connectivity index (χ2n) is 8.67. The fraction of sp³-hybridized carbons (Fsp3) is 0.185. The van der Waals surface area contributed by atoms with Crippen LogP contribution < -0.4 is 4.74 Å². The number of aliphatic carboxylic acids is 1. The van der Waals surface area contributed by atoms with Gasteiger partial charge < -0.3 is 14.4 Å². The Labute approximate surface area is 195 Å². The number of carboxylic acid groups (broad SMARTS) is 1. The number of aromatic nitrogens is 4. The van der Waals surface area contributed by atoms with E-state index in [4.69, 9.17) is 14.7 Å². The van der Waals surface area contributed by atoms with Crippen LogP contribution in [-0.2, 0) is 24.7 Å². The minimum absolute atomic E-state index is 0.0833. The van der Waals surface area contributed by atoms with Crippen LogP contribution in [0.25, 0.3) is 44.3 Å². The molecule has 0 saturated carbocycles. The molecule has 2 aromatic carbocycles. The van der Waals surface area contributed by atoms with Gasteiger partial charge in [0.05, 0.1) is 48.0 Å². The van der Waals surface area contributed by atoms with Crippen LogP contribution in [0, 0.1) is 6.92 Å². The molecular formula is C27H22N4O3. The lowest BCUT2D eigenvalue weighted by Crippen LogP contribution is -2.10.